The van der Waals surface area contributed by atoms with Crippen LogP contribution < -0.4 is 4.90 Å². The highest BCUT2D eigenvalue weighted by Gasteiger charge is 2.41. The van der Waals surface area contributed by atoms with E-state index in [0.717, 1.165) is 14.2 Å². The quantitative estimate of drug-likeness (QED) is 0.472. The summed E-state index contributed by atoms with van der Waals surface area (Å²) in [5.41, 5.74) is -4.97. The lowest BCUT2D eigenvalue weighted by Gasteiger charge is -2.33. The van der Waals surface area contributed by atoms with Gasteiger partial charge in [-0.2, -0.15) is 26.3 Å². The Bertz CT molecular complexity index is 865. The molecular weight excluding hydrogens is 480 g/mol. The molecule has 1 aromatic carbocycles. The molecule has 1 aliphatic heterocycles. The fourth-order valence-corrected chi connectivity index (χ4v) is 3.18. The van der Waals surface area contributed by atoms with Crippen LogP contribution in [0.2, 0.25) is 0 Å². The Morgan fingerprint density at radius 1 is 1.03 bits per heavy atom. The maximum atomic E-state index is 13.3. The van der Waals surface area contributed by atoms with E-state index in [9.17, 15) is 35.9 Å². The molecule has 0 atom stereocenters. The Kier molecular flexibility index (Phi) is 6.52. The lowest BCUT2D eigenvalue weighted by atomic mass is 10.1. The smallest absolute Gasteiger partial charge is 0.417 e. The first-order chi connectivity index (χ1) is 13.3. The van der Waals surface area contributed by atoms with Crippen LogP contribution in [0.25, 0.3) is 0 Å². The van der Waals surface area contributed by atoms with Crippen molar-refractivity contribution in [1.29, 1.82) is 0 Å². The summed E-state index contributed by atoms with van der Waals surface area (Å²) in [5.74, 6) is -2.24. The molecule has 1 aromatic rings. The van der Waals surface area contributed by atoms with Crippen LogP contribution in [0.4, 0.5) is 32.0 Å². The molecule has 1 heterocycles. The highest BCUT2D eigenvalue weighted by atomic mass is 79.9. The first kappa shape index (κ1) is 23.0. The van der Waals surface area contributed by atoms with E-state index in [1.807, 2.05) is 0 Å². The SMILES string of the molecule is COC(=O)C1=C(C(=O)OC)N(c2cc(C(F)(F)F)cc(C(F)(F)F)c2Br)COC1. The fraction of sp³-hybridized carbons (Fsp3) is 0.375. The zero-order valence-corrected chi connectivity index (χ0v) is 16.3. The van der Waals surface area contributed by atoms with Crippen molar-refractivity contribution in [3.63, 3.8) is 0 Å². The molecule has 0 saturated carbocycles. The number of benzene rings is 1. The fourth-order valence-electron chi connectivity index (χ4n) is 2.51. The van der Waals surface area contributed by atoms with Gasteiger partial charge in [0.2, 0.25) is 0 Å². The number of carbonyl (C=O) groups excluding carboxylic acids is 2. The van der Waals surface area contributed by atoms with Gasteiger partial charge in [-0.25, -0.2) is 9.59 Å². The lowest BCUT2D eigenvalue weighted by Crippen LogP contribution is -2.39. The topological polar surface area (TPSA) is 65.1 Å². The summed E-state index contributed by atoms with van der Waals surface area (Å²) in [6.07, 6.45) is -10.3. The van der Waals surface area contributed by atoms with E-state index < -0.39 is 70.2 Å². The molecule has 0 fully saturated rings. The molecule has 1 aliphatic rings. The molecule has 160 valence electrons. The standard InChI is InChI=1S/C16H12BrF6NO5/c1-27-13(25)8-5-29-6-24(12(8)14(26)28-2)10-4-7(15(18,19)20)3-9(11(10)17)16(21,22)23/h3-4H,5-6H2,1-2H3. The number of alkyl halides is 6. The Morgan fingerprint density at radius 2 is 1.62 bits per heavy atom. The molecule has 0 amide bonds. The summed E-state index contributed by atoms with van der Waals surface area (Å²) in [7, 11) is 1.91. The zero-order chi connectivity index (χ0) is 22.1. The second-order valence-corrected chi connectivity index (χ2v) is 6.36. The Morgan fingerprint density at radius 3 is 2.10 bits per heavy atom. The average Bonchev–Trinajstić information content (AvgIpc) is 2.64. The minimum absolute atomic E-state index is 0.0683. The third-order valence-electron chi connectivity index (χ3n) is 3.81. The molecule has 29 heavy (non-hydrogen) atoms. The predicted molar refractivity (Wildman–Crippen MR) is 88.5 cm³/mol. The number of carbonyl (C=O) groups is 2. The summed E-state index contributed by atoms with van der Waals surface area (Å²) >= 11 is 2.65. The van der Waals surface area contributed by atoms with Crippen LogP contribution in [0.15, 0.2) is 27.9 Å². The number of halogens is 7. The first-order valence-corrected chi connectivity index (χ1v) is 8.35. The maximum Gasteiger partial charge on any atom is 0.417 e. The Labute approximate surface area is 168 Å². The molecule has 0 N–H and O–H groups in total. The van der Waals surface area contributed by atoms with Crippen LogP contribution in [0.3, 0.4) is 0 Å². The molecule has 13 heteroatoms. The molecule has 2 rings (SSSR count). The van der Waals surface area contributed by atoms with Crippen LogP contribution >= 0.6 is 15.9 Å². The van der Waals surface area contributed by atoms with Crippen molar-refractivity contribution in [2.45, 2.75) is 12.4 Å². The molecule has 0 radical (unpaired) electrons. The predicted octanol–water partition coefficient (Wildman–Crippen LogP) is 3.88. The minimum Gasteiger partial charge on any atom is -0.466 e. The first-order valence-electron chi connectivity index (χ1n) is 7.55. The molecule has 0 unspecified atom stereocenters. The van der Waals surface area contributed by atoms with Gasteiger partial charge in [-0.1, -0.05) is 0 Å². The van der Waals surface area contributed by atoms with E-state index in [4.69, 9.17) is 4.74 Å². The van der Waals surface area contributed by atoms with Gasteiger partial charge in [0.15, 0.2) is 0 Å². The van der Waals surface area contributed by atoms with Gasteiger partial charge < -0.3 is 19.1 Å². The second-order valence-electron chi connectivity index (χ2n) is 5.57. The van der Waals surface area contributed by atoms with Gasteiger partial charge >= 0.3 is 24.3 Å². The van der Waals surface area contributed by atoms with Crippen LogP contribution in [0, 0.1) is 0 Å². The number of ether oxygens (including phenoxy) is 3. The number of hydrogen-bond donors (Lipinski definition) is 0. The van der Waals surface area contributed by atoms with E-state index in [-0.39, 0.29) is 6.07 Å². The van der Waals surface area contributed by atoms with Crippen LogP contribution in [0.5, 0.6) is 0 Å². The van der Waals surface area contributed by atoms with Gasteiger partial charge in [-0.3, -0.25) is 0 Å². The number of methoxy groups -OCH3 is 2. The van der Waals surface area contributed by atoms with Crippen molar-refractivity contribution in [1.82, 2.24) is 0 Å². The minimum atomic E-state index is -5.15. The van der Waals surface area contributed by atoms with E-state index in [1.165, 1.54) is 0 Å². The third kappa shape index (κ3) is 4.66. The van der Waals surface area contributed by atoms with Crippen molar-refractivity contribution in [2.75, 3.05) is 32.5 Å². The van der Waals surface area contributed by atoms with Crippen molar-refractivity contribution in [3.8, 4) is 0 Å². The summed E-state index contributed by atoms with van der Waals surface area (Å²) < 4.78 is 92.9. The normalized spacial score (nSPS) is 15.4. The Hall–Kier alpha value is -2.28. The zero-order valence-electron chi connectivity index (χ0n) is 14.7. The summed E-state index contributed by atoms with van der Waals surface area (Å²) in [6, 6.07) is 0.326. The lowest BCUT2D eigenvalue weighted by molar-refractivity contribution is -0.143. The van der Waals surface area contributed by atoms with Gasteiger partial charge in [0.25, 0.3) is 0 Å². The van der Waals surface area contributed by atoms with Crippen molar-refractivity contribution < 1.29 is 50.1 Å². The molecule has 6 nitrogen and oxygen atoms in total. The highest BCUT2D eigenvalue weighted by molar-refractivity contribution is 9.10. The summed E-state index contributed by atoms with van der Waals surface area (Å²) in [5, 5.41) is 0. The van der Waals surface area contributed by atoms with Crippen LogP contribution in [0.1, 0.15) is 11.1 Å². The largest absolute Gasteiger partial charge is 0.466 e. The number of rotatable bonds is 3. The number of hydrogen-bond acceptors (Lipinski definition) is 6. The monoisotopic (exact) mass is 491 g/mol. The van der Waals surface area contributed by atoms with E-state index in [0.29, 0.717) is 11.0 Å². The van der Waals surface area contributed by atoms with Crippen molar-refractivity contribution >= 4 is 33.6 Å². The van der Waals surface area contributed by atoms with Crippen molar-refractivity contribution in [3.05, 3.63) is 39.0 Å². The number of nitrogens with zero attached hydrogens (tertiary/aromatic N) is 1. The van der Waals surface area contributed by atoms with Gasteiger partial charge in [0, 0.05) is 0 Å². The molecule has 0 spiro atoms. The van der Waals surface area contributed by atoms with Gasteiger partial charge in [0.05, 0.1) is 47.7 Å². The van der Waals surface area contributed by atoms with Crippen molar-refractivity contribution in [2.24, 2.45) is 0 Å². The summed E-state index contributed by atoms with van der Waals surface area (Å²) in [6.45, 7) is -1.08. The van der Waals surface area contributed by atoms with E-state index in [2.05, 4.69) is 25.4 Å². The highest BCUT2D eigenvalue weighted by Crippen LogP contribution is 2.45. The van der Waals surface area contributed by atoms with Gasteiger partial charge in [-0.05, 0) is 28.1 Å². The Balaban J connectivity index is 2.83. The molecule has 0 aromatic heterocycles. The van der Waals surface area contributed by atoms with Gasteiger partial charge in [0.1, 0.15) is 12.4 Å². The van der Waals surface area contributed by atoms with E-state index >= 15 is 0 Å². The summed E-state index contributed by atoms with van der Waals surface area (Å²) in [4.78, 5) is 24.8. The molecule has 0 saturated heterocycles. The van der Waals surface area contributed by atoms with Gasteiger partial charge in [-0.15, -0.1) is 0 Å². The molecule has 0 aliphatic carbocycles. The average molecular weight is 492 g/mol. The number of anilines is 1. The maximum absolute atomic E-state index is 13.3. The molecular formula is C16H12BrF6NO5. The second kappa shape index (κ2) is 8.22. The third-order valence-corrected chi connectivity index (χ3v) is 4.64. The van der Waals surface area contributed by atoms with Crippen LogP contribution in [-0.2, 0) is 36.2 Å². The number of esters is 2. The van der Waals surface area contributed by atoms with E-state index in [1.54, 1.807) is 0 Å². The molecule has 0 bridgehead atoms. The van der Waals surface area contributed by atoms with Crippen LogP contribution in [-0.4, -0.2) is 39.5 Å².